The lowest BCUT2D eigenvalue weighted by molar-refractivity contribution is -0.116. The molecule has 0 bridgehead atoms. The number of nitrogens with one attached hydrogen (secondary N) is 1. The maximum absolute atomic E-state index is 12.3. The Balaban J connectivity index is 2.84. The average molecular weight is 355 g/mol. The number of carbonyl (C=O) groups is 1. The number of aryl methyl sites for hydroxylation is 1. The number of para-hydroxylation sites is 1. The molecule has 1 amide bonds. The number of hydrogen-bond donors (Lipinski definition) is 1. The third-order valence-corrected chi connectivity index (χ3v) is 5.65. The van der Waals surface area contributed by atoms with E-state index in [0.29, 0.717) is 12.3 Å². The average Bonchev–Trinajstić information content (AvgIpc) is 2.47. The number of carbonyl (C=O) groups excluding carboxylic acids is 1. The molecule has 136 valence electrons. The van der Waals surface area contributed by atoms with Crippen molar-refractivity contribution in [3.8, 4) is 0 Å². The zero-order valence-electron chi connectivity index (χ0n) is 15.6. The molecule has 6 heteroatoms. The quantitative estimate of drug-likeness (QED) is 0.777. The van der Waals surface area contributed by atoms with E-state index in [1.165, 1.54) is 10.6 Å². The molecule has 0 saturated carbocycles. The van der Waals surface area contributed by atoms with Gasteiger partial charge in [-0.05, 0) is 37.3 Å². The zero-order chi connectivity index (χ0) is 18.5. The van der Waals surface area contributed by atoms with Crippen LogP contribution in [0.5, 0.6) is 0 Å². The van der Waals surface area contributed by atoms with Crippen molar-refractivity contribution in [2.24, 2.45) is 0 Å². The normalized spacial score (nSPS) is 13.3. The van der Waals surface area contributed by atoms with E-state index in [1.807, 2.05) is 39.0 Å². The largest absolute Gasteiger partial charge is 0.326 e. The van der Waals surface area contributed by atoms with Crippen LogP contribution in [-0.2, 0) is 14.8 Å². The van der Waals surface area contributed by atoms with Crippen molar-refractivity contribution in [2.75, 3.05) is 18.1 Å². The molecule has 0 fully saturated rings. The molecule has 0 aromatic heterocycles. The van der Waals surface area contributed by atoms with Gasteiger partial charge in [0.15, 0.2) is 0 Å². The summed E-state index contributed by atoms with van der Waals surface area (Å²) >= 11 is 0. The summed E-state index contributed by atoms with van der Waals surface area (Å²) in [7, 11) is -3.32. The van der Waals surface area contributed by atoms with Crippen molar-refractivity contribution in [3.05, 3.63) is 29.3 Å². The number of sulfonamides is 1. The summed E-state index contributed by atoms with van der Waals surface area (Å²) in [6.07, 6.45) is 2.04. The summed E-state index contributed by atoms with van der Waals surface area (Å²) < 4.78 is 25.2. The predicted octanol–water partition coefficient (Wildman–Crippen LogP) is 3.51. The van der Waals surface area contributed by atoms with Crippen LogP contribution in [0, 0.1) is 6.92 Å². The first kappa shape index (κ1) is 20.6. The smallest absolute Gasteiger partial charge is 0.225 e. The van der Waals surface area contributed by atoms with Crippen LogP contribution < -0.4 is 5.32 Å². The molecule has 1 N–H and O–H groups in total. The van der Waals surface area contributed by atoms with Crippen molar-refractivity contribution >= 4 is 21.6 Å². The van der Waals surface area contributed by atoms with Gasteiger partial charge < -0.3 is 5.32 Å². The second-order valence-electron chi connectivity index (χ2n) is 6.62. The van der Waals surface area contributed by atoms with Gasteiger partial charge in [0.2, 0.25) is 15.9 Å². The lowest BCUT2D eigenvalue weighted by Crippen LogP contribution is -2.39. The van der Waals surface area contributed by atoms with Gasteiger partial charge in [0.05, 0.1) is 6.26 Å². The van der Waals surface area contributed by atoms with Crippen LogP contribution >= 0.6 is 0 Å². The van der Waals surface area contributed by atoms with Crippen LogP contribution in [-0.4, -0.2) is 37.5 Å². The van der Waals surface area contributed by atoms with Crippen molar-refractivity contribution in [3.63, 3.8) is 0 Å². The first-order valence-corrected chi connectivity index (χ1v) is 10.3. The number of amides is 1. The summed E-state index contributed by atoms with van der Waals surface area (Å²) in [6.45, 7) is 10.1. The fraction of sp³-hybridized carbons (Fsp3) is 0.611. The third-order valence-electron chi connectivity index (χ3n) is 4.26. The molecule has 5 nitrogen and oxygen atoms in total. The summed E-state index contributed by atoms with van der Waals surface area (Å²) in [5, 5.41) is 2.96. The van der Waals surface area contributed by atoms with Gasteiger partial charge >= 0.3 is 0 Å². The Morgan fingerprint density at radius 1 is 1.25 bits per heavy atom. The van der Waals surface area contributed by atoms with E-state index in [9.17, 15) is 13.2 Å². The summed E-state index contributed by atoms with van der Waals surface area (Å²) in [6, 6.07) is 5.84. The highest BCUT2D eigenvalue weighted by molar-refractivity contribution is 7.88. The first-order chi connectivity index (χ1) is 11.1. The molecule has 0 saturated heterocycles. The third kappa shape index (κ3) is 5.60. The number of benzene rings is 1. The molecule has 0 radical (unpaired) electrons. The summed E-state index contributed by atoms with van der Waals surface area (Å²) in [5.74, 6) is 0.135. The molecule has 24 heavy (non-hydrogen) atoms. The molecule has 0 aliphatic carbocycles. The highest BCUT2D eigenvalue weighted by Gasteiger charge is 2.23. The summed E-state index contributed by atoms with van der Waals surface area (Å²) in [5.41, 5.74) is 2.94. The maximum atomic E-state index is 12.3. The Morgan fingerprint density at radius 2 is 1.88 bits per heavy atom. The molecule has 1 unspecified atom stereocenters. The van der Waals surface area contributed by atoms with E-state index in [4.69, 9.17) is 0 Å². The number of nitrogens with zero attached hydrogens (tertiary/aromatic N) is 1. The zero-order valence-corrected chi connectivity index (χ0v) is 16.4. The van der Waals surface area contributed by atoms with E-state index in [2.05, 4.69) is 19.2 Å². The van der Waals surface area contributed by atoms with Gasteiger partial charge in [-0.3, -0.25) is 4.79 Å². The molecule has 0 heterocycles. The topological polar surface area (TPSA) is 66.5 Å². The lowest BCUT2D eigenvalue weighted by atomic mass is 9.98. The van der Waals surface area contributed by atoms with Crippen LogP contribution in [0.1, 0.15) is 57.6 Å². The molecule has 1 rings (SSSR count). The van der Waals surface area contributed by atoms with Crippen molar-refractivity contribution in [1.82, 2.24) is 4.31 Å². The second-order valence-corrected chi connectivity index (χ2v) is 8.56. The predicted molar refractivity (Wildman–Crippen MR) is 99.8 cm³/mol. The van der Waals surface area contributed by atoms with E-state index < -0.39 is 10.0 Å². The van der Waals surface area contributed by atoms with E-state index in [1.54, 1.807) is 0 Å². The SMILES string of the molecule is CCC(C)N(CCC(=O)Nc1c(C)cccc1C(C)C)S(C)(=O)=O. The molecule has 0 aliphatic heterocycles. The minimum absolute atomic E-state index is 0.113. The van der Waals surface area contributed by atoms with Gasteiger partial charge in [0.1, 0.15) is 0 Å². The fourth-order valence-electron chi connectivity index (χ4n) is 2.67. The molecular weight excluding hydrogens is 324 g/mol. The van der Waals surface area contributed by atoms with Gasteiger partial charge in [0, 0.05) is 24.7 Å². The second kappa shape index (κ2) is 8.62. The van der Waals surface area contributed by atoms with Crippen LogP contribution in [0.4, 0.5) is 5.69 Å². The lowest BCUT2D eigenvalue weighted by Gasteiger charge is -2.25. The first-order valence-electron chi connectivity index (χ1n) is 8.44. The molecule has 0 aliphatic rings. The van der Waals surface area contributed by atoms with Crippen molar-refractivity contribution < 1.29 is 13.2 Å². The standard InChI is InChI=1S/C18H30N2O3S/c1-7-15(5)20(24(6,22)23)12-11-17(21)19-18-14(4)9-8-10-16(18)13(2)3/h8-10,13,15H,7,11-12H2,1-6H3,(H,19,21). The van der Waals surface area contributed by atoms with E-state index in [0.717, 1.165) is 16.8 Å². The van der Waals surface area contributed by atoms with E-state index >= 15 is 0 Å². The molecule has 1 atom stereocenters. The Kier molecular flexibility index (Phi) is 7.42. The maximum Gasteiger partial charge on any atom is 0.225 e. The van der Waals surface area contributed by atoms with Crippen molar-refractivity contribution in [1.29, 1.82) is 0 Å². The van der Waals surface area contributed by atoms with Crippen molar-refractivity contribution in [2.45, 2.75) is 59.4 Å². The van der Waals surface area contributed by atoms with Gasteiger partial charge in [-0.2, -0.15) is 4.31 Å². The van der Waals surface area contributed by atoms with Gasteiger partial charge in [0.25, 0.3) is 0 Å². The Labute approximate surface area is 146 Å². The van der Waals surface area contributed by atoms with Crippen LogP contribution in [0.25, 0.3) is 0 Å². The minimum Gasteiger partial charge on any atom is -0.326 e. The Bertz CT molecular complexity index is 669. The number of hydrogen-bond acceptors (Lipinski definition) is 3. The Hall–Kier alpha value is -1.40. The monoisotopic (exact) mass is 354 g/mol. The molecule has 0 spiro atoms. The van der Waals surface area contributed by atoms with E-state index in [-0.39, 0.29) is 24.9 Å². The number of rotatable bonds is 8. The fourth-order valence-corrected chi connectivity index (χ4v) is 3.90. The number of anilines is 1. The highest BCUT2D eigenvalue weighted by Crippen LogP contribution is 2.27. The highest BCUT2D eigenvalue weighted by atomic mass is 32.2. The Morgan fingerprint density at radius 3 is 2.38 bits per heavy atom. The van der Waals surface area contributed by atoms with Gasteiger partial charge in [-0.15, -0.1) is 0 Å². The van der Waals surface area contributed by atoms with Gasteiger partial charge in [-0.1, -0.05) is 39.0 Å². The minimum atomic E-state index is -3.32. The molecule has 1 aromatic carbocycles. The molecule has 1 aromatic rings. The van der Waals surface area contributed by atoms with Crippen LogP contribution in [0.15, 0.2) is 18.2 Å². The van der Waals surface area contributed by atoms with Crippen LogP contribution in [0.2, 0.25) is 0 Å². The van der Waals surface area contributed by atoms with Crippen LogP contribution in [0.3, 0.4) is 0 Å². The van der Waals surface area contributed by atoms with Gasteiger partial charge in [-0.25, -0.2) is 8.42 Å². The molecular formula is C18H30N2O3S. The summed E-state index contributed by atoms with van der Waals surface area (Å²) in [4.78, 5) is 12.3.